The molecular formula is C19H25N3O3. The first-order valence-corrected chi connectivity index (χ1v) is 8.93. The zero-order valence-corrected chi connectivity index (χ0v) is 14.6. The second-order valence-corrected chi connectivity index (χ2v) is 7.11. The first-order valence-electron chi connectivity index (χ1n) is 8.93. The van der Waals surface area contributed by atoms with E-state index in [1.165, 1.54) is 0 Å². The number of piperidine rings is 1. The minimum atomic E-state index is -0.370. The van der Waals surface area contributed by atoms with E-state index in [1.54, 1.807) is 24.3 Å². The minimum Gasteiger partial charge on any atom is -0.349 e. The normalized spacial score (nSPS) is 26.2. The lowest BCUT2D eigenvalue weighted by molar-refractivity contribution is -0.137. The number of likely N-dealkylation sites (tertiary alicyclic amines) is 1. The van der Waals surface area contributed by atoms with Gasteiger partial charge in [-0.05, 0) is 44.7 Å². The number of nitrogens with one attached hydrogen (secondary N) is 2. The fourth-order valence-corrected chi connectivity index (χ4v) is 3.99. The molecule has 2 aliphatic heterocycles. The average Bonchev–Trinajstić information content (AvgIpc) is 2.76. The third kappa shape index (κ3) is 3.83. The Kier molecular flexibility index (Phi) is 5.06. The molecule has 2 saturated heterocycles. The fraction of sp³-hybridized carbons (Fsp3) is 0.526. The molecule has 2 N–H and O–H groups in total. The highest BCUT2D eigenvalue weighted by Crippen LogP contribution is 2.33. The van der Waals surface area contributed by atoms with Gasteiger partial charge in [0.25, 0.3) is 5.91 Å². The van der Waals surface area contributed by atoms with Crippen LogP contribution >= 0.6 is 0 Å². The average molecular weight is 343 g/mol. The Hall–Kier alpha value is -2.37. The van der Waals surface area contributed by atoms with E-state index >= 15 is 0 Å². The molecule has 2 aliphatic rings. The van der Waals surface area contributed by atoms with Crippen molar-refractivity contribution in [1.29, 1.82) is 0 Å². The highest BCUT2D eigenvalue weighted by molar-refractivity contribution is 5.96. The molecule has 6 nitrogen and oxygen atoms in total. The molecule has 0 aromatic heterocycles. The van der Waals surface area contributed by atoms with E-state index < -0.39 is 0 Å². The Bertz CT molecular complexity index is 661. The molecule has 2 fully saturated rings. The van der Waals surface area contributed by atoms with Gasteiger partial charge in [-0.15, -0.1) is 0 Å². The molecule has 1 aromatic rings. The number of hydrogen-bond donors (Lipinski definition) is 2. The van der Waals surface area contributed by atoms with E-state index in [2.05, 4.69) is 10.6 Å². The molecule has 6 heteroatoms. The largest absolute Gasteiger partial charge is 0.349 e. The van der Waals surface area contributed by atoms with Gasteiger partial charge < -0.3 is 15.5 Å². The van der Waals surface area contributed by atoms with E-state index in [4.69, 9.17) is 0 Å². The van der Waals surface area contributed by atoms with Crippen molar-refractivity contribution in [2.75, 3.05) is 13.1 Å². The van der Waals surface area contributed by atoms with Gasteiger partial charge in [-0.25, -0.2) is 0 Å². The molecular weight excluding hydrogens is 318 g/mol. The Morgan fingerprint density at radius 2 is 2.04 bits per heavy atom. The molecule has 0 radical (unpaired) electrons. The predicted octanol–water partition coefficient (Wildman–Crippen LogP) is 1.47. The van der Waals surface area contributed by atoms with Gasteiger partial charge in [0.1, 0.15) is 0 Å². The van der Waals surface area contributed by atoms with Crippen LogP contribution in [0.3, 0.4) is 0 Å². The lowest BCUT2D eigenvalue weighted by atomic mass is 9.81. The van der Waals surface area contributed by atoms with Crippen molar-refractivity contribution in [2.24, 2.45) is 0 Å². The van der Waals surface area contributed by atoms with Gasteiger partial charge in [-0.3, -0.25) is 14.4 Å². The predicted molar refractivity (Wildman–Crippen MR) is 93.9 cm³/mol. The summed E-state index contributed by atoms with van der Waals surface area (Å²) in [6.45, 7) is 2.69. The number of rotatable bonds is 3. The van der Waals surface area contributed by atoms with E-state index in [0.29, 0.717) is 18.5 Å². The molecule has 0 saturated carbocycles. The van der Waals surface area contributed by atoms with E-state index in [9.17, 15) is 14.4 Å². The summed E-state index contributed by atoms with van der Waals surface area (Å²) in [4.78, 5) is 38.6. The van der Waals surface area contributed by atoms with Crippen LogP contribution in [0.5, 0.6) is 0 Å². The van der Waals surface area contributed by atoms with Gasteiger partial charge in [0.15, 0.2) is 0 Å². The van der Waals surface area contributed by atoms with Gasteiger partial charge in [0.2, 0.25) is 11.8 Å². The molecule has 0 spiro atoms. The third-order valence-corrected chi connectivity index (χ3v) is 5.27. The number of nitrogens with zero attached hydrogens (tertiary/aromatic N) is 1. The smallest absolute Gasteiger partial charge is 0.251 e. The van der Waals surface area contributed by atoms with Crippen molar-refractivity contribution in [3.63, 3.8) is 0 Å². The topological polar surface area (TPSA) is 78.5 Å². The van der Waals surface area contributed by atoms with Crippen LogP contribution in [-0.2, 0) is 9.59 Å². The summed E-state index contributed by atoms with van der Waals surface area (Å²) < 4.78 is 0. The summed E-state index contributed by atoms with van der Waals surface area (Å²) in [5, 5.41) is 5.82. The van der Waals surface area contributed by atoms with Crippen LogP contribution in [0.4, 0.5) is 0 Å². The maximum Gasteiger partial charge on any atom is 0.251 e. The molecule has 0 bridgehead atoms. The summed E-state index contributed by atoms with van der Waals surface area (Å²) in [7, 11) is 0. The SMILES string of the molecule is C[C@]12CCCN(C(=O)CNC(=O)c3ccccc3)[C@H]1CCCC(=O)N2. The summed E-state index contributed by atoms with van der Waals surface area (Å²) in [5.74, 6) is -0.268. The van der Waals surface area contributed by atoms with Crippen LogP contribution in [0.1, 0.15) is 49.4 Å². The van der Waals surface area contributed by atoms with Crippen LogP contribution in [-0.4, -0.2) is 47.3 Å². The lowest BCUT2D eigenvalue weighted by Gasteiger charge is -2.47. The number of fused-ring (bicyclic) bond motifs is 1. The van der Waals surface area contributed by atoms with Crippen molar-refractivity contribution in [3.05, 3.63) is 35.9 Å². The van der Waals surface area contributed by atoms with Crippen molar-refractivity contribution in [2.45, 2.75) is 50.6 Å². The molecule has 25 heavy (non-hydrogen) atoms. The fourth-order valence-electron chi connectivity index (χ4n) is 3.99. The second-order valence-electron chi connectivity index (χ2n) is 7.11. The summed E-state index contributed by atoms with van der Waals surface area (Å²) in [6, 6.07) is 8.87. The standard InChI is InChI=1S/C19H25N3O3/c1-19-11-6-12-22(15(19)9-5-10-16(23)21-19)17(24)13-20-18(25)14-7-3-2-4-8-14/h2-4,7-8,15H,5-6,9-13H2,1H3,(H,20,25)(H,21,23)/t15-,19-/m0/s1. The summed E-state index contributed by atoms with van der Waals surface area (Å²) >= 11 is 0. The van der Waals surface area contributed by atoms with Gasteiger partial charge in [0, 0.05) is 18.5 Å². The first-order chi connectivity index (χ1) is 12.0. The maximum absolute atomic E-state index is 12.7. The molecule has 3 rings (SSSR count). The monoisotopic (exact) mass is 343 g/mol. The number of hydrogen-bond acceptors (Lipinski definition) is 3. The van der Waals surface area contributed by atoms with E-state index in [1.807, 2.05) is 17.9 Å². The number of carbonyl (C=O) groups excluding carboxylic acids is 3. The second kappa shape index (κ2) is 7.25. The Balaban J connectivity index is 1.65. The zero-order valence-electron chi connectivity index (χ0n) is 14.6. The van der Waals surface area contributed by atoms with Crippen molar-refractivity contribution < 1.29 is 14.4 Å². The molecule has 1 aromatic carbocycles. The highest BCUT2D eigenvalue weighted by atomic mass is 16.2. The first kappa shape index (κ1) is 17.5. The van der Waals surface area contributed by atoms with Crippen LogP contribution in [0, 0.1) is 0 Å². The van der Waals surface area contributed by atoms with Gasteiger partial charge >= 0.3 is 0 Å². The molecule has 0 unspecified atom stereocenters. The molecule has 2 heterocycles. The van der Waals surface area contributed by atoms with Gasteiger partial charge in [-0.2, -0.15) is 0 Å². The van der Waals surface area contributed by atoms with Gasteiger partial charge in [0.05, 0.1) is 18.1 Å². The van der Waals surface area contributed by atoms with E-state index in [0.717, 1.165) is 25.7 Å². The lowest BCUT2D eigenvalue weighted by Crippen LogP contribution is -2.64. The van der Waals surface area contributed by atoms with E-state index in [-0.39, 0.29) is 35.8 Å². The summed E-state index contributed by atoms with van der Waals surface area (Å²) in [6.07, 6.45) is 3.84. The summed E-state index contributed by atoms with van der Waals surface area (Å²) in [5.41, 5.74) is 0.172. The quantitative estimate of drug-likeness (QED) is 0.872. The van der Waals surface area contributed by atoms with Crippen molar-refractivity contribution in [1.82, 2.24) is 15.5 Å². The van der Waals surface area contributed by atoms with Crippen molar-refractivity contribution >= 4 is 17.7 Å². The number of amides is 3. The minimum absolute atomic E-state index is 0.00572. The highest BCUT2D eigenvalue weighted by Gasteiger charge is 2.44. The Morgan fingerprint density at radius 1 is 1.28 bits per heavy atom. The molecule has 2 atom stereocenters. The third-order valence-electron chi connectivity index (χ3n) is 5.27. The number of carbonyl (C=O) groups is 3. The van der Waals surface area contributed by atoms with Crippen LogP contribution in [0.25, 0.3) is 0 Å². The van der Waals surface area contributed by atoms with Crippen LogP contribution < -0.4 is 10.6 Å². The van der Waals surface area contributed by atoms with Crippen molar-refractivity contribution in [3.8, 4) is 0 Å². The maximum atomic E-state index is 12.7. The van der Waals surface area contributed by atoms with Crippen LogP contribution in [0.15, 0.2) is 30.3 Å². The number of benzene rings is 1. The Labute approximate surface area is 148 Å². The van der Waals surface area contributed by atoms with Gasteiger partial charge in [-0.1, -0.05) is 18.2 Å². The molecule has 134 valence electrons. The zero-order chi connectivity index (χ0) is 17.9. The Morgan fingerprint density at radius 3 is 2.80 bits per heavy atom. The molecule has 0 aliphatic carbocycles. The van der Waals surface area contributed by atoms with Crippen LogP contribution in [0.2, 0.25) is 0 Å². The molecule has 3 amide bonds.